The minimum Gasteiger partial charge on any atom is -0.464 e. The van der Waals surface area contributed by atoms with E-state index in [0.29, 0.717) is 12.5 Å². The van der Waals surface area contributed by atoms with Crippen molar-refractivity contribution in [2.45, 2.75) is 39.2 Å². The Morgan fingerprint density at radius 1 is 1.67 bits per heavy atom. The number of thiophene rings is 1. The summed E-state index contributed by atoms with van der Waals surface area (Å²) in [4.78, 5) is 13.4. The molecule has 0 aromatic carbocycles. The molecule has 1 aliphatic heterocycles. The van der Waals surface area contributed by atoms with Crippen LogP contribution in [0.5, 0.6) is 0 Å². The van der Waals surface area contributed by atoms with Crippen molar-refractivity contribution in [2.75, 3.05) is 13.2 Å². The zero-order valence-corrected chi connectivity index (χ0v) is 11.9. The molecule has 4 heteroatoms. The maximum Gasteiger partial charge on any atom is 0.327 e. The minimum absolute atomic E-state index is 0.127. The van der Waals surface area contributed by atoms with E-state index in [0.717, 1.165) is 31.4 Å². The third kappa shape index (κ3) is 3.12. The Hall–Kier alpha value is -0.870. The predicted molar refractivity (Wildman–Crippen MR) is 73.8 cm³/mol. The first-order valence-electron chi connectivity index (χ1n) is 6.68. The molecule has 0 fully saturated rings. The van der Waals surface area contributed by atoms with Crippen molar-refractivity contribution in [3.05, 3.63) is 21.9 Å². The zero-order valence-electron chi connectivity index (χ0n) is 11.1. The average molecular weight is 267 g/mol. The summed E-state index contributed by atoms with van der Waals surface area (Å²) in [6.45, 7) is 5.67. The van der Waals surface area contributed by atoms with Gasteiger partial charge in [0.1, 0.15) is 6.04 Å². The van der Waals surface area contributed by atoms with Crippen LogP contribution in [0.25, 0.3) is 0 Å². The van der Waals surface area contributed by atoms with Crippen molar-refractivity contribution in [2.24, 2.45) is 5.92 Å². The van der Waals surface area contributed by atoms with Crippen LogP contribution in [-0.2, 0) is 16.0 Å². The lowest BCUT2D eigenvalue weighted by atomic mass is 10.0. The first kappa shape index (κ1) is 13.6. The lowest BCUT2D eigenvalue weighted by Crippen LogP contribution is -2.35. The molecule has 2 atom stereocenters. The van der Waals surface area contributed by atoms with Crippen LogP contribution in [0, 0.1) is 5.92 Å². The summed E-state index contributed by atoms with van der Waals surface area (Å²) < 4.78 is 5.43. The van der Waals surface area contributed by atoms with Crippen molar-refractivity contribution in [1.82, 2.24) is 5.32 Å². The number of carbonyl (C=O) groups excluding carboxylic acids is 1. The van der Waals surface area contributed by atoms with Crippen molar-refractivity contribution < 1.29 is 9.53 Å². The van der Waals surface area contributed by atoms with Crippen LogP contribution in [0.2, 0.25) is 0 Å². The van der Waals surface area contributed by atoms with Gasteiger partial charge in [0.05, 0.1) is 6.61 Å². The molecular formula is C14H21NO2S. The van der Waals surface area contributed by atoms with E-state index in [1.165, 1.54) is 4.88 Å². The van der Waals surface area contributed by atoms with E-state index < -0.39 is 0 Å². The highest BCUT2D eigenvalue weighted by Crippen LogP contribution is 2.28. The van der Waals surface area contributed by atoms with E-state index in [1.54, 1.807) is 11.3 Å². The van der Waals surface area contributed by atoms with Gasteiger partial charge in [-0.05, 0) is 35.8 Å². The van der Waals surface area contributed by atoms with E-state index in [4.69, 9.17) is 4.74 Å². The van der Waals surface area contributed by atoms with Gasteiger partial charge in [0.25, 0.3) is 0 Å². The Morgan fingerprint density at radius 2 is 2.50 bits per heavy atom. The van der Waals surface area contributed by atoms with Crippen LogP contribution in [0.15, 0.2) is 11.4 Å². The number of rotatable bonds is 5. The molecule has 1 aromatic rings. The Bertz CT molecular complexity index is 402. The van der Waals surface area contributed by atoms with Crippen molar-refractivity contribution in [1.29, 1.82) is 0 Å². The number of hydrogen-bond acceptors (Lipinski definition) is 4. The van der Waals surface area contributed by atoms with Gasteiger partial charge in [-0.1, -0.05) is 20.3 Å². The third-order valence-electron chi connectivity index (χ3n) is 3.32. The van der Waals surface area contributed by atoms with Crippen LogP contribution >= 0.6 is 11.3 Å². The maximum absolute atomic E-state index is 12.1. The van der Waals surface area contributed by atoms with Crippen LogP contribution in [-0.4, -0.2) is 19.1 Å². The van der Waals surface area contributed by atoms with Gasteiger partial charge < -0.3 is 10.1 Å². The molecule has 0 aliphatic carbocycles. The molecule has 2 heterocycles. The second-order valence-corrected chi connectivity index (χ2v) is 5.96. The van der Waals surface area contributed by atoms with Crippen LogP contribution in [0.1, 0.15) is 43.2 Å². The largest absolute Gasteiger partial charge is 0.464 e. The summed E-state index contributed by atoms with van der Waals surface area (Å²) in [5.41, 5.74) is 1.11. The number of fused-ring (bicyclic) bond motifs is 1. The molecule has 18 heavy (non-hydrogen) atoms. The molecule has 1 aliphatic rings. The second-order valence-electron chi connectivity index (χ2n) is 4.96. The van der Waals surface area contributed by atoms with E-state index in [-0.39, 0.29) is 12.0 Å². The van der Waals surface area contributed by atoms with Gasteiger partial charge in [-0.3, -0.25) is 0 Å². The van der Waals surface area contributed by atoms with Crippen molar-refractivity contribution in [3.63, 3.8) is 0 Å². The molecule has 2 rings (SSSR count). The van der Waals surface area contributed by atoms with Gasteiger partial charge in [0, 0.05) is 11.4 Å². The van der Waals surface area contributed by atoms with Crippen LogP contribution in [0.4, 0.5) is 0 Å². The highest BCUT2D eigenvalue weighted by atomic mass is 32.1. The SMILES string of the molecule is CCCC(C)COC(=O)C1NCCc2sccc21. The Balaban J connectivity index is 1.91. The van der Waals surface area contributed by atoms with Gasteiger partial charge in [0.15, 0.2) is 0 Å². The van der Waals surface area contributed by atoms with Gasteiger partial charge in [-0.25, -0.2) is 4.79 Å². The van der Waals surface area contributed by atoms with Gasteiger partial charge in [0.2, 0.25) is 0 Å². The lowest BCUT2D eigenvalue weighted by molar-refractivity contribution is -0.147. The molecule has 0 radical (unpaired) electrons. The van der Waals surface area contributed by atoms with Crippen molar-refractivity contribution >= 4 is 17.3 Å². The summed E-state index contributed by atoms with van der Waals surface area (Å²) in [5, 5.41) is 5.30. The summed E-state index contributed by atoms with van der Waals surface area (Å²) in [7, 11) is 0. The molecule has 0 saturated heterocycles. The quantitative estimate of drug-likeness (QED) is 0.834. The fourth-order valence-corrected chi connectivity index (χ4v) is 3.27. The summed E-state index contributed by atoms with van der Waals surface area (Å²) in [5.74, 6) is 0.321. The first-order chi connectivity index (χ1) is 8.72. The minimum atomic E-state index is -0.256. The highest BCUT2D eigenvalue weighted by molar-refractivity contribution is 7.10. The smallest absolute Gasteiger partial charge is 0.327 e. The summed E-state index contributed by atoms with van der Waals surface area (Å²) >= 11 is 1.73. The standard InChI is InChI=1S/C14H21NO2S/c1-3-4-10(2)9-17-14(16)13-11-6-8-18-12(11)5-7-15-13/h6,8,10,13,15H,3-5,7,9H2,1-2H3. The maximum atomic E-state index is 12.1. The molecule has 2 unspecified atom stereocenters. The van der Waals surface area contributed by atoms with Crippen molar-refractivity contribution in [3.8, 4) is 0 Å². The number of nitrogens with one attached hydrogen (secondary N) is 1. The van der Waals surface area contributed by atoms with Gasteiger partial charge in [-0.15, -0.1) is 11.3 Å². The Kier molecular flexibility index (Phi) is 4.78. The average Bonchev–Trinajstić information content (AvgIpc) is 2.84. The Labute approximate surface area is 113 Å². The number of carbonyl (C=O) groups is 1. The fraction of sp³-hybridized carbons (Fsp3) is 0.643. The monoisotopic (exact) mass is 267 g/mol. The number of esters is 1. The molecule has 100 valence electrons. The summed E-state index contributed by atoms with van der Waals surface area (Å²) in [6.07, 6.45) is 3.26. The molecule has 1 N–H and O–H groups in total. The molecule has 0 saturated carbocycles. The highest BCUT2D eigenvalue weighted by Gasteiger charge is 2.28. The number of ether oxygens (including phenoxy) is 1. The molecule has 0 bridgehead atoms. The summed E-state index contributed by atoms with van der Waals surface area (Å²) in [6, 6.07) is 1.78. The molecule has 0 amide bonds. The first-order valence-corrected chi connectivity index (χ1v) is 7.56. The molecule has 1 aromatic heterocycles. The number of hydrogen-bond donors (Lipinski definition) is 1. The zero-order chi connectivity index (χ0) is 13.0. The van der Waals surface area contributed by atoms with Gasteiger partial charge in [-0.2, -0.15) is 0 Å². The molecular weight excluding hydrogens is 246 g/mol. The second kappa shape index (κ2) is 6.34. The molecule has 3 nitrogen and oxygen atoms in total. The topological polar surface area (TPSA) is 38.3 Å². The lowest BCUT2D eigenvalue weighted by Gasteiger charge is -2.23. The van der Waals surface area contributed by atoms with E-state index in [9.17, 15) is 4.79 Å². The van der Waals surface area contributed by atoms with E-state index >= 15 is 0 Å². The Morgan fingerprint density at radius 3 is 3.28 bits per heavy atom. The third-order valence-corrected chi connectivity index (χ3v) is 4.32. The normalized spacial score (nSPS) is 20.2. The van der Waals surface area contributed by atoms with E-state index in [1.807, 2.05) is 6.07 Å². The fourth-order valence-electron chi connectivity index (χ4n) is 2.35. The van der Waals surface area contributed by atoms with Crippen LogP contribution < -0.4 is 5.32 Å². The van der Waals surface area contributed by atoms with Gasteiger partial charge >= 0.3 is 5.97 Å². The van der Waals surface area contributed by atoms with E-state index in [2.05, 4.69) is 24.5 Å². The molecule has 0 spiro atoms. The van der Waals surface area contributed by atoms with Crippen LogP contribution in [0.3, 0.4) is 0 Å². The predicted octanol–water partition coefficient (Wildman–Crippen LogP) is 2.91.